The predicted octanol–water partition coefficient (Wildman–Crippen LogP) is 5.15. The third kappa shape index (κ3) is 4.98. The topological polar surface area (TPSA) is 132 Å². The van der Waals surface area contributed by atoms with Crippen molar-refractivity contribution in [2.75, 3.05) is 12.3 Å². The van der Waals surface area contributed by atoms with Crippen LogP contribution in [0.1, 0.15) is 54.8 Å². The number of rotatable bonds is 5. The Morgan fingerprint density at radius 1 is 0.933 bits per heavy atom. The molecule has 1 saturated carbocycles. The normalized spacial score (nSPS) is 19.4. The highest BCUT2D eigenvalue weighted by molar-refractivity contribution is 5.99. The molecule has 5 heterocycles. The summed E-state index contributed by atoms with van der Waals surface area (Å²) in [5.41, 5.74) is 11.7. The molecule has 1 aliphatic heterocycles. The molecule has 0 bridgehead atoms. The van der Waals surface area contributed by atoms with Crippen LogP contribution in [0.25, 0.3) is 33.3 Å². The first-order valence-electron chi connectivity index (χ1n) is 15.1. The minimum absolute atomic E-state index is 0.102. The SMILES string of the molecule is Nc1ncnc2c1c(-c1ccc3nc(Cc4ccccc4)[nH]c3c1)nn2C1CCC(N2CCn3c(nnc3C(F)(F)F)C2)CC1. The Morgan fingerprint density at radius 3 is 2.53 bits per heavy atom. The van der Waals surface area contributed by atoms with Crippen molar-refractivity contribution in [1.82, 2.24) is 49.4 Å². The summed E-state index contributed by atoms with van der Waals surface area (Å²) in [6, 6.07) is 16.6. The van der Waals surface area contributed by atoms with Gasteiger partial charge in [-0.05, 0) is 43.4 Å². The van der Waals surface area contributed by atoms with E-state index >= 15 is 0 Å². The van der Waals surface area contributed by atoms with Crippen LogP contribution in [0.5, 0.6) is 0 Å². The lowest BCUT2D eigenvalue weighted by molar-refractivity contribution is -0.148. The van der Waals surface area contributed by atoms with Gasteiger partial charge in [0.2, 0.25) is 5.82 Å². The maximum absolute atomic E-state index is 13.3. The molecule has 0 atom stereocenters. The molecule has 0 radical (unpaired) electrons. The first-order valence-corrected chi connectivity index (χ1v) is 15.1. The zero-order valence-corrected chi connectivity index (χ0v) is 24.2. The van der Waals surface area contributed by atoms with Gasteiger partial charge >= 0.3 is 6.18 Å². The molecule has 3 N–H and O–H groups in total. The average molecular weight is 614 g/mol. The highest BCUT2D eigenvalue weighted by Crippen LogP contribution is 2.38. The molecular formula is C31H30F3N11. The van der Waals surface area contributed by atoms with Gasteiger partial charge in [0.1, 0.15) is 29.5 Å². The van der Waals surface area contributed by atoms with E-state index in [0.29, 0.717) is 36.8 Å². The van der Waals surface area contributed by atoms with Crippen LogP contribution >= 0.6 is 0 Å². The van der Waals surface area contributed by atoms with E-state index in [1.807, 2.05) is 41.1 Å². The van der Waals surface area contributed by atoms with Crippen molar-refractivity contribution < 1.29 is 13.2 Å². The number of H-pyrrole nitrogens is 1. The minimum atomic E-state index is -4.50. The number of hydrogen-bond acceptors (Lipinski definition) is 8. The zero-order valence-electron chi connectivity index (χ0n) is 24.2. The average Bonchev–Trinajstić information content (AvgIpc) is 3.76. The summed E-state index contributed by atoms with van der Waals surface area (Å²) in [7, 11) is 0. The van der Waals surface area contributed by atoms with Crippen LogP contribution in [0.3, 0.4) is 0 Å². The fraction of sp³-hybridized carbons (Fsp3) is 0.355. The second-order valence-corrected chi connectivity index (χ2v) is 11.9. The van der Waals surface area contributed by atoms with Crippen molar-refractivity contribution in [3.63, 3.8) is 0 Å². The number of imidazole rings is 1. The van der Waals surface area contributed by atoms with Crippen molar-refractivity contribution in [2.45, 2.75) is 63.5 Å². The molecule has 2 aromatic carbocycles. The van der Waals surface area contributed by atoms with Gasteiger partial charge in [0.05, 0.1) is 29.0 Å². The Kier molecular flexibility index (Phi) is 6.55. The Labute approximate surface area is 255 Å². The van der Waals surface area contributed by atoms with E-state index in [2.05, 4.69) is 42.2 Å². The lowest BCUT2D eigenvalue weighted by Crippen LogP contribution is -2.43. The van der Waals surface area contributed by atoms with Crippen LogP contribution < -0.4 is 5.73 Å². The number of halogens is 3. The highest BCUT2D eigenvalue weighted by Gasteiger charge is 2.40. The van der Waals surface area contributed by atoms with Crippen LogP contribution in [-0.4, -0.2) is 62.0 Å². The number of nitrogens with two attached hydrogens (primary N) is 1. The van der Waals surface area contributed by atoms with E-state index in [-0.39, 0.29) is 18.6 Å². The quantitative estimate of drug-likeness (QED) is 0.273. The van der Waals surface area contributed by atoms with Crippen LogP contribution in [0.15, 0.2) is 54.9 Å². The summed E-state index contributed by atoms with van der Waals surface area (Å²) in [4.78, 5) is 19.4. The van der Waals surface area contributed by atoms with Gasteiger partial charge in [0.15, 0.2) is 5.65 Å². The number of alkyl halides is 3. The third-order valence-corrected chi connectivity index (χ3v) is 9.10. The summed E-state index contributed by atoms with van der Waals surface area (Å²) in [5, 5.41) is 13.1. The number of nitrogens with zero attached hydrogens (tertiary/aromatic N) is 9. The first-order chi connectivity index (χ1) is 21.8. The second kappa shape index (κ2) is 10.6. The zero-order chi connectivity index (χ0) is 30.7. The summed E-state index contributed by atoms with van der Waals surface area (Å²) in [6.07, 6.45) is 1.14. The van der Waals surface area contributed by atoms with Crippen LogP contribution in [0.2, 0.25) is 0 Å². The monoisotopic (exact) mass is 613 g/mol. The molecule has 2 aliphatic rings. The molecule has 1 aliphatic carbocycles. The van der Waals surface area contributed by atoms with E-state index in [4.69, 9.17) is 15.8 Å². The van der Waals surface area contributed by atoms with Crippen molar-refractivity contribution in [1.29, 1.82) is 0 Å². The second-order valence-electron chi connectivity index (χ2n) is 11.9. The molecule has 0 spiro atoms. The maximum atomic E-state index is 13.3. The predicted molar refractivity (Wildman–Crippen MR) is 161 cm³/mol. The lowest BCUT2D eigenvalue weighted by atomic mass is 9.90. The number of aromatic nitrogens is 9. The molecule has 0 amide bonds. The van der Waals surface area contributed by atoms with Gasteiger partial charge in [-0.15, -0.1) is 10.2 Å². The number of anilines is 1. The van der Waals surface area contributed by atoms with Crippen molar-refractivity contribution >= 4 is 27.9 Å². The molecule has 0 unspecified atom stereocenters. The summed E-state index contributed by atoms with van der Waals surface area (Å²) in [5.74, 6) is 0.716. The number of fused-ring (bicyclic) bond motifs is 3. The Balaban J connectivity index is 1.03. The Hall–Kier alpha value is -4.85. The number of aromatic amines is 1. The van der Waals surface area contributed by atoms with E-state index in [1.54, 1.807) is 0 Å². The third-order valence-electron chi connectivity index (χ3n) is 9.10. The molecule has 1 fully saturated rings. The molecular weight excluding hydrogens is 583 g/mol. The smallest absolute Gasteiger partial charge is 0.383 e. The van der Waals surface area contributed by atoms with Crippen LogP contribution in [0, 0.1) is 0 Å². The van der Waals surface area contributed by atoms with E-state index < -0.39 is 12.0 Å². The summed E-state index contributed by atoms with van der Waals surface area (Å²) in [6.45, 7) is 1.13. The molecule has 45 heavy (non-hydrogen) atoms. The highest BCUT2D eigenvalue weighted by atomic mass is 19.4. The molecule has 8 rings (SSSR count). The number of hydrogen-bond donors (Lipinski definition) is 2. The van der Waals surface area contributed by atoms with Crippen molar-refractivity contribution in [3.05, 3.63) is 77.9 Å². The van der Waals surface area contributed by atoms with Gasteiger partial charge < -0.3 is 15.3 Å². The summed E-state index contributed by atoms with van der Waals surface area (Å²) < 4.78 is 43.1. The van der Waals surface area contributed by atoms with E-state index in [9.17, 15) is 13.2 Å². The van der Waals surface area contributed by atoms with Gasteiger partial charge in [0.25, 0.3) is 0 Å². The van der Waals surface area contributed by atoms with Crippen molar-refractivity contribution in [3.8, 4) is 11.3 Å². The number of benzene rings is 2. The number of nitrogen functional groups attached to an aromatic ring is 1. The largest absolute Gasteiger partial charge is 0.451 e. The molecule has 0 saturated heterocycles. The van der Waals surface area contributed by atoms with Crippen LogP contribution in [0.4, 0.5) is 19.0 Å². The van der Waals surface area contributed by atoms with Gasteiger partial charge in [-0.25, -0.2) is 19.6 Å². The standard InChI is InChI=1S/C31H30F3N11/c32-31(33,34)30-41-40-25-16-43(12-13-44(25)30)20-7-9-21(10-8-20)45-29-26(28(35)36-17-37-29)27(42-45)19-6-11-22-23(15-19)39-24(38-22)14-18-4-2-1-3-5-18/h1-6,11,15,17,20-21H,7-10,12-14,16H2,(H,38,39)(H2,35,36,37). The van der Waals surface area contributed by atoms with Gasteiger partial charge in [-0.2, -0.15) is 18.3 Å². The van der Waals surface area contributed by atoms with Gasteiger partial charge in [-0.3, -0.25) is 4.90 Å². The fourth-order valence-corrected chi connectivity index (χ4v) is 6.90. The fourth-order valence-electron chi connectivity index (χ4n) is 6.90. The molecule has 11 nitrogen and oxygen atoms in total. The lowest BCUT2D eigenvalue weighted by Gasteiger charge is -2.38. The van der Waals surface area contributed by atoms with E-state index in [1.165, 1.54) is 16.5 Å². The first kappa shape index (κ1) is 27.7. The molecule has 6 aromatic rings. The minimum Gasteiger partial charge on any atom is -0.383 e. The van der Waals surface area contributed by atoms with Gasteiger partial charge in [0, 0.05) is 31.1 Å². The van der Waals surface area contributed by atoms with Crippen molar-refractivity contribution in [2.24, 2.45) is 0 Å². The Morgan fingerprint density at radius 2 is 1.73 bits per heavy atom. The number of nitrogens with one attached hydrogen (secondary N) is 1. The molecule has 4 aromatic heterocycles. The van der Waals surface area contributed by atoms with Gasteiger partial charge in [-0.1, -0.05) is 36.4 Å². The van der Waals surface area contributed by atoms with E-state index in [0.717, 1.165) is 59.2 Å². The molecule has 14 heteroatoms. The molecule has 230 valence electrons. The van der Waals surface area contributed by atoms with Crippen LogP contribution in [-0.2, 0) is 25.7 Å². The summed E-state index contributed by atoms with van der Waals surface area (Å²) >= 11 is 0. The maximum Gasteiger partial charge on any atom is 0.451 e. The Bertz CT molecular complexity index is 2000.